The Balaban J connectivity index is 0.969. The zero-order chi connectivity index (χ0) is 50.2. The monoisotopic (exact) mass is 998 g/mol. The highest BCUT2D eigenvalue weighted by Crippen LogP contribution is 2.42. The first-order valence-corrected chi connectivity index (χ1v) is 30.4. The van der Waals surface area contributed by atoms with Crippen LogP contribution in [-0.2, 0) is 0 Å². The molecule has 4 heteroatoms. The van der Waals surface area contributed by atoms with Gasteiger partial charge in [0, 0.05) is 38.5 Å². The molecule has 0 radical (unpaired) electrons. The number of hydrogen-bond donors (Lipinski definition) is 0. The largest absolute Gasteiger partial charge is 0.309 e. The first-order valence-electron chi connectivity index (χ1n) is 26.4. The van der Waals surface area contributed by atoms with E-state index >= 15 is 0 Å². The van der Waals surface area contributed by atoms with E-state index in [-0.39, 0.29) is 0 Å². The SMILES string of the molecule is c1ccc([Si](c2ccccc2)(c2ccccc2)c2ccc(-n3c4ccccc4c4ccc(-n5c6ccccc6c6cccc(-c7cccc8c7[Si](c7ccccc7)(c7ccccc7)c7ccccc7-8)c65)cc43)cc2)cc1. The van der Waals surface area contributed by atoms with Gasteiger partial charge in [0.1, 0.15) is 0 Å². The zero-order valence-electron chi connectivity index (χ0n) is 41.8. The minimum atomic E-state index is -2.86. The summed E-state index contributed by atoms with van der Waals surface area (Å²) in [5.41, 5.74) is 12.2. The van der Waals surface area contributed by atoms with Gasteiger partial charge in [0.25, 0.3) is 0 Å². The van der Waals surface area contributed by atoms with Crippen LogP contribution in [0.15, 0.2) is 303 Å². The molecule has 356 valence electrons. The molecule has 0 amide bonds. The number of rotatable bonds is 9. The Hall–Kier alpha value is -9.33. The van der Waals surface area contributed by atoms with E-state index in [4.69, 9.17) is 0 Å². The Morgan fingerprint density at radius 1 is 0.263 bits per heavy atom. The van der Waals surface area contributed by atoms with Crippen molar-refractivity contribution >= 4 is 101 Å². The number of fused-ring (bicyclic) bond motifs is 9. The van der Waals surface area contributed by atoms with Crippen LogP contribution in [0.3, 0.4) is 0 Å². The lowest BCUT2D eigenvalue weighted by Gasteiger charge is -2.34. The van der Waals surface area contributed by atoms with Crippen molar-refractivity contribution in [1.82, 2.24) is 9.13 Å². The van der Waals surface area contributed by atoms with Crippen LogP contribution < -0.4 is 41.5 Å². The van der Waals surface area contributed by atoms with Gasteiger partial charge in [0.05, 0.1) is 22.1 Å². The molecule has 1 aliphatic rings. The van der Waals surface area contributed by atoms with Gasteiger partial charge in [-0.05, 0) is 94.6 Å². The minimum Gasteiger partial charge on any atom is -0.309 e. The second-order valence-corrected chi connectivity index (χ2v) is 27.8. The predicted octanol–water partition coefficient (Wildman–Crippen LogP) is 12.3. The molecular formula is C72H50N2Si2. The Kier molecular flexibility index (Phi) is 10.3. The molecule has 0 saturated heterocycles. The first-order chi connectivity index (χ1) is 37.7. The summed E-state index contributed by atoms with van der Waals surface area (Å²) in [7, 11) is -5.59. The molecule has 0 fully saturated rings. The molecule has 0 saturated carbocycles. The van der Waals surface area contributed by atoms with Crippen molar-refractivity contribution in [3.63, 3.8) is 0 Å². The van der Waals surface area contributed by atoms with Gasteiger partial charge in [0.15, 0.2) is 16.1 Å². The van der Waals surface area contributed by atoms with Gasteiger partial charge in [-0.25, -0.2) is 0 Å². The fourth-order valence-corrected chi connectivity index (χ4v) is 23.7. The van der Waals surface area contributed by atoms with Crippen molar-refractivity contribution in [2.24, 2.45) is 0 Å². The summed E-state index contributed by atoms with van der Waals surface area (Å²) in [5.74, 6) is 0. The number of nitrogens with zero attached hydrogens (tertiary/aromatic N) is 2. The second-order valence-electron chi connectivity index (χ2n) is 20.3. The Morgan fingerprint density at radius 2 is 0.671 bits per heavy atom. The number of para-hydroxylation sites is 3. The summed E-state index contributed by atoms with van der Waals surface area (Å²) in [6.07, 6.45) is 0. The van der Waals surface area contributed by atoms with Crippen LogP contribution in [0.2, 0.25) is 0 Å². The molecule has 12 aromatic carbocycles. The van der Waals surface area contributed by atoms with Crippen LogP contribution in [0.5, 0.6) is 0 Å². The van der Waals surface area contributed by atoms with Gasteiger partial charge in [-0.1, -0.05) is 267 Å². The Bertz CT molecular complexity index is 4350. The lowest BCUT2D eigenvalue weighted by molar-refractivity contribution is 1.16. The van der Waals surface area contributed by atoms with Gasteiger partial charge < -0.3 is 9.13 Å². The number of hydrogen-bond acceptors (Lipinski definition) is 0. The van der Waals surface area contributed by atoms with Crippen molar-refractivity contribution in [2.75, 3.05) is 0 Å². The second kappa shape index (κ2) is 17.7. The third kappa shape index (κ3) is 6.38. The topological polar surface area (TPSA) is 9.86 Å². The van der Waals surface area contributed by atoms with E-state index in [1.165, 1.54) is 107 Å². The summed E-state index contributed by atoms with van der Waals surface area (Å²) >= 11 is 0. The third-order valence-corrected chi connectivity index (χ3v) is 26.3. The zero-order valence-corrected chi connectivity index (χ0v) is 43.8. The van der Waals surface area contributed by atoms with E-state index in [1.54, 1.807) is 0 Å². The molecule has 2 nitrogen and oxygen atoms in total. The van der Waals surface area contributed by atoms with Crippen LogP contribution >= 0.6 is 0 Å². The maximum absolute atomic E-state index is 2.86. The molecule has 14 aromatic rings. The molecular weight excluding hydrogens is 949 g/mol. The normalized spacial score (nSPS) is 12.8. The van der Waals surface area contributed by atoms with Crippen LogP contribution in [0.4, 0.5) is 0 Å². The van der Waals surface area contributed by atoms with Crippen LogP contribution in [0.25, 0.3) is 77.2 Å². The maximum atomic E-state index is 2.56. The highest BCUT2D eigenvalue weighted by Gasteiger charge is 2.50. The Labute approximate surface area is 444 Å². The van der Waals surface area contributed by atoms with Crippen LogP contribution in [0.1, 0.15) is 0 Å². The standard InChI is InChI=1S/C72H50N2Si2/c1-6-24-53(25-7-1)75(54-26-8-2-9-27-54,55-28-10-3-11-29-55)58-47-44-51(45-48-58)73-67-41-19-16-34-59(67)61-49-46-52(50-69(61)73)74-68-42-20-17-35-60(68)63-37-22-38-64(71(63)74)66-40-23-39-65-62-36-18-21-43-70(62)76(72(65)66,56-30-12-4-13-31-56)57-32-14-5-15-33-57/h1-50H. The van der Waals surface area contributed by atoms with Crippen molar-refractivity contribution in [3.8, 4) is 33.6 Å². The molecule has 1 aliphatic heterocycles. The van der Waals surface area contributed by atoms with Crippen molar-refractivity contribution in [3.05, 3.63) is 303 Å². The average Bonchev–Trinajstić information content (AvgIpc) is 4.20. The highest BCUT2D eigenvalue weighted by molar-refractivity contribution is 7.23. The minimum absolute atomic E-state index is 1.13. The van der Waals surface area contributed by atoms with Gasteiger partial charge in [-0.2, -0.15) is 0 Å². The Morgan fingerprint density at radius 3 is 1.28 bits per heavy atom. The van der Waals surface area contributed by atoms with Crippen molar-refractivity contribution in [1.29, 1.82) is 0 Å². The third-order valence-electron chi connectivity index (χ3n) is 16.6. The molecule has 0 atom stereocenters. The summed E-state index contributed by atoms with van der Waals surface area (Å²) in [6, 6.07) is 114. The van der Waals surface area contributed by atoms with Gasteiger partial charge in [-0.15, -0.1) is 0 Å². The molecule has 3 heterocycles. The number of benzene rings is 12. The predicted molar refractivity (Wildman–Crippen MR) is 327 cm³/mol. The van der Waals surface area contributed by atoms with E-state index in [1.807, 2.05) is 0 Å². The molecule has 0 bridgehead atoms. The summed E-state index contributed by atoms with van der Waals surface area (Å²) < 4.78 is 5.05. The molecule has 0 aliphatic carbocycles. The fraction of sp³-hybridized carbons (Fsp3) is 0. The summed E-state index contributed by atoms with van der Waals surface area (Å²) in [6.45, 7) is 0. The van der Waals surface area contributed by atoms with E-state index in [2.05, 4.69) is 312 Å². The van der Waals surface area contributed by atoms with Gasteiger partial charge in [0.2, 0.25) is 0 Å². The van der Waals surface area contributed by atoms with E-state index in [9.17, 15) is 0 Å². The van der Waals surface area contributed by atoms with Gasteiger partial charge in [-0.3, -0.25) is 0 Å². The van der Waals surface area contributed by atoms with Crippen molar-refractivity contribution < 1.29 is 0 Å². The van der Waals surface area contributed by atoms with E-state index in [0.717, 1.165) is 11.4 Å². The highest BCUT2D eigenvalue weighted by atomic mass is 28.3. The average molecular weight is 999 g/mol. The molecule has 15 rings (SSSR count). The quantitative estimate of drug-likeness (QED) is 0.101. The maximum Gasteiger partial charge on any atom is 0.181 e. The summed E-state index contributed by atoms with van der Waals surface area (Å²) in [4.78, 5) is 0. The number of aromatic nitrogens is 2. The molecule has 76 heavy (non-hydrogen) atoms. The molecule has 0 unspecified atom stereocenters. The van der Waals surface area contributed by atoms with Crippen LogP contribution in [-0.4, -0.2) is 25.3 Å². The lowest BCUT2D eigenvalue weighted by atomic mass is 9.97. The summed E-state index contributed by atoms with van der Waals surface area (Å²) in [5, 5.41) is 16.1. The first kappa shape index (κ1) is 44.2. The lowest BCUT2D eigenvalue weighted by Crippen LogP contribution is -2.74. The molecule has 0 N–H and O–H groups in total. The van der Waals surface area contributed by atoms with Crippen molar-refractivity contribution in [2.45, 2.75) is 0 Å². The molecule has 2 aromatic heterocycles. The van der Waals surface area contributed by atoms with E-state index < -0.39 is 16.1 Å². The van der Waals surface area contributed by atoms with Crippen LogP contribution in [0, 0.1) is 0 Å². The van der Waals surface area contributed by atoms with E-state index in [0.29, 0.717) is 0 Å². The fourth-order valence-electron chi connectivity index (χ4n) is 13.5. The van der Waals surface area contributed by atoms with Gasteiger partial charge >= 0.3 is 0 Å². The molecule has 0 spiro atoms. The smallest absolute Gasteiger partial charge is 0.181 e.